The van der Waals surface area contributed by atoms with Crippen molar-refractivity contribution in [3.05, 3.63) is 41.5 Å². The molecule has 0 amide bonds. The van der Waals surface area contributed by atoms with E-state index in [4.69, 9.17) is 18.9 Å². The van der Waals surface area contributed by atoms with E-state index in [1.165, 1.54) is 6.42 Å². The van der Waals surface area contributed by atoms with Crippen LogP contribution in [0.15, 0.2) is 30.3 Å². The van der Waals surface area contributed by atoms with Gasteiger partial charge in [-0.25, -0.2) is 0 Å². The maximum atomic E-state index is 13.2. The number of carbonyl (C=O) groups excluding carboxylic acids is 1. The van der Waals surface area contributed by atoms with Gasteiger partial charge in [-0.1, -0.05) is 33.3 Å². The van der Waals surface area contributed by atoms with Crippen LogP contribution in [0.2, 0.25) is 0 Å². The highest BCUT2D eigenvalue weighted by Crippen LogP contribution is 2.46. The quantitative estimate of drug-likeness (QED) is 0.532. The fourth-order valence-electron chi connectivity index (χ4n) is 6.52. The number of rotatable bonds is 5. The molecule has 2 aromatic carbocycles. The second kappa shape index (κ2) is 9.97. The van der Waals surface area contributed by atoms with E-state index in [1.807, 2.05) is 18.2 Å². The van der Waals surface area contributed by atoms with Crippen LogP contribution < -0.4 is 9.47 Å². The van der Waals surface area contributed by atoms with Crippen LogP contribution in [0.4, 0.5) is 0 Å². The van der Waals surface area contributed by atoms with E-state index >= 15 is 0 Å². The van der Waals surface area contributed by atoms with E-state index in [9.17, 15) is 9.90 Å². The molecule has 1 saturated heterocycles. The van der Waals surface area contributed by atoms with Crippen molar-refractivity contribution < 1.29 is 28.8 Å². The zero-order chi connectivity index (χ0) is 25.6. The lowest BCUT2D eigenvalue weighted by atomic mass is 9.75. The Bertz CT molecular complexity index is 1120. The number of methoxy groups -OCH3 is 2. The van der Waals surface area contributed by atoms with E-state index in [2.05, 4.69) is 20.8 Å². The van der Waals surface area contributed by atoms with Crippen LogP contribution in [0.1, 0.15) is 51.2 Å². The van der Waals surface area contributed by atoms with Gasteiger partial charge in [-0.2, -0.15) is 0 Å². The molecule has 2 aromatic rings. The molecule has 36 heavy (non-hydrogen) atoms. The highest BCUT2D eigenvalue weighted by molar-refractivity contribution is 5.80. The number of hydrogen-bond donors (Lipinski definition) is 1. The molecular weight excluding hydrogens is 456 g/mol. The SMILES string of the molecule is COc1cc2c(cc1OC)-c1cc(O)ccc1C[C@H]1C(=O)O[C@H](OC3CC(C)CCC3C(C)C)[C@@H]1C2. The molecule has 194 valence electrons. The number of hydrogen-bond acceptors (Lipinski definition) is 6. The van der Waals surface area contributed by atoms with Crippen LogP contribution in [0.3, 0.4) is 0 Å². The lowest BCUT2D eigenvalue weighted by Crippen LogP contribution is -2.39. The average Bonchev–Trinajstić information content (AvgIpc) is 3.11. The summed E-state index contributed by atoms with van der Waals surface area (Å²) in [6.07, 6.45) is 4.04. The number of fused-ring (bicyclic) bond motifs is 4. The van der Waals surface area contributed by atoms with Gasteiger partial charge in [-0.15, -0.1) is 0 Å². The molecule has 3 unspecified atom stereocenters. The van der Waals surface area contributed by atoms with Gasteiger partial charge in [0.25, 0.3) is 0 Å². The molecule has 1 aliphatic heterocycles. The maximum Gasteiger partial charge on any atom is 0.312 e. The molecule has 1 N–H and O–H groups in total. The number of carbonyl (C=O) groups is 1. The van der Waals surface area contributed by atoms with Crippen LogP contribution in [0, 0.1) is 29.6 Å². The van der Waals surface area contributed by atoms with Gasteiger partial charge in [0.05, 0.1) is 26.2 Å². The largest absolute Gasteiger partial charge is 0.508 e. The molecule has 0 bridgehead atoms. The molecule has 1 heterocycles. The molecule has 0 radical (unpaired) electrons. The normalized spacial score (nSPS) is 29.4. The number of ether oxygens (including phenoxy) is 4. The van der Waals surface area contributed by atoms with Crippen molar-refractivity contribution in [2.75, 3.05) is 14.2 Å². The Balaban J connectivity index is 1.55. The molecule has 3 aliphatic rings. The monoisotopic (exact) mass is 494 g/mol. The predicted molar refractivity (Wildman–Crippen MR) is 137 cm³/mol. The molecule has 5 rings (SSSR count). The van der Waals surface area contributed by atoms with Crippen molar-refractivity contribution in [2.45, 2.75) is 65.3 Å². The number of benzene rings is 2. The van der Waals surface area contributed by atoms with Crippen LogP contribution in [-0.4, -0.2) is 37.7 Å². The smallest absolute Gasteiger partial charge is 0.312 e. The Labute approximate surface area is 213 Å². The van der Waals surface area contributed by atoms with E-state index in [1.54, 1.807) is 26.4 Å². The summed E-state index contributed by atoms with van der Waals surface area (Å²) in [5, 5.41) is 10.3. The van der Waals surface area contributed by atoms with Crippen LogP contribution >= 0.6 is 0 Å². The van der Waals surface area contributed by atoms with Crippen LogP contribution in [0.5, 0.6) is 17.2 Å². The number of cyclic esters (lactones) is 1. The van der Waals surface area contributed by atoms with Gasteiger partial charge >= 0.3 is 5.97 Å². The molecule has 2 fully saturated rings. The average molecular weight is 495 g/mol. The first kappa shape index (κ1) is 24.9. The van der Waals surface area contributed by atoms with E-state index < -0.39 is 6.29 Å². The summed E-state index contributed by atoms with van der Waals surface area (Å²) >= 11 is 0. The highest BCUT2D eigenvalue weighted by Gasteiger charge is 2.48. The summed E-state index contributed by atoms with van der Waals surface area (Å²) in [6.45, 7) is 6.81. The summed E-state index contributed by atoms with van der Waals surface area (Å²) < 4.78 is 23.9. The van der Waals surface area contributed by atoms with Gasteiger partial charge in [0.1, 0.15) is 5.75 Å². The lowest BCUT2D eigenvalue weighted by molar-refractivity contribution is -0.195. The summed E-state index contributed by atoms with van der Waals surface area (Å²) in [7, 11) is 3.25. The van der Waals surface area contributed by atoms with Crippen molar-refractivity contribution >= 4 is 5.97 Å². The van der Waals surface area contributed by atoms with Gasteiger partial charge in [-0.3, -0.25) is 4.79 Å². The van der Waals surface area contributed by atoms with E-state index in [-0.39, 0.29) is 29.7 Å². The first-order valence-corrected chi connectivity index (χ1v) is 13.2. The lowest BCUT2D eigenvalue weighted by Gasteiger charge is -2.39. The third-order valence-electron chi connectivity index (χ3n) is 8.56. The second-order valence-electron chi connectivity index (χ2n) is 11.2. The van der Waals surface area contributed by atoms with Crippen molar-refractivity contribution in [3.8, 4) is 28.4 Å². The minimum absolute atomic E-state index is 0.0878. The standard InChI is InChI=1S/C30H38O6/c1-16(2)21-9-6-17(3)10-26(21)35-30-25-12-19-13-27(33-4)28(34-5)15-23(19)22-14-20(31)8-7-18(22)11-24(25)29(32)36-30/h7-8,13-17,21,24-26,30-31H,6,9-12H2,1-5H3/t17?,21?,24-,25-,26?,30+/m1/s1. The molecule has 6 nitrogen and oxygen atoms in total. The molecular formula is C30H38O6. The molecule has 6 heteroatoms. The molecule has 2 aliphatic carbocycles. The minimum atomic E-state index is -0.571. The first-order valence-electron chi connectivity index (χ1n) is 13.2. The second-order valence-corrected chi connectivity index (χ2v) is 11.2. The third-order valence-corrected chi connectivity index (χ3v) is 8.56. The van der Waals surface area contributed by atoms with Crippen molar-refractivity contribution in [3.63, 3.8) is 0 Å². The van der Waals surface area contributed by atoms with Crippen molar-refractivity contribution in [1.82, 2.24) is 0 Å². The topological polar surface area (TPSA) is 74.2 Å². The number of phenolic OH excluding ortho intramolecular Hbond substituents is 1. The van der Waals surface area contributed by atoms with Gasteiger partial charge in [0.2, 0.25) is 6.29 Å². The van der Waals surface area contributed by atoms with E-state index in [0.29, 0.717) is 42.1 Å². The van der Waals surface area contributed by atoms with E-state index in [0.717, 1.165) is 35.1 Å². The Morgan fingerprint density at radius 2 is 1.69 bits per heavy atom. The van der Waals surface area contributed by atoms with Crippen molar-refractivity contribution in [2.24, 2.45) is 29.6 Å². The summed E-state index contributed by atoms with van der Waals surface area (Å²) in [4.78, 5) is 13.2. The Morgan fingerprint density at radius 1 is 0.972 bits per heavy atom. The van der Waals surface area contributed by atoms with Gasteiger partial charge in [-0.05, 0) is 90.0 Å². The van der Waals surface area contributed by atoms with Gasteiger partial charge in [0, 0.05) is 5.92 Å². The molecule has 0 aromatic heterocycles. The Kier molecular flexibility index (Phi) is 6.90. The predicted octanol–water partition coefficient (Wildman–Crippen LogP) is 5.77. The molecule has 1 saturated carbocycles. The molecule has 0 spiro atoms. The Hall–Kier alpha value is -2.73. The zero-order valence-electron chi connectivity index (χ0n) is 22.0. The number of phenols is 1. The van der Waals surface area contributed by atoms with Crippen molar-refractivity contribution in [1.29, 1.82) is 0 Å². The van der Waals surface area contributed by atoms with Gasteiger partial charge < -0.3 is 24.1 Å². The first-order chi connectivity index (χ1) is 17.3. The molecule has 6 atom stereocenters. The number of esters is 1. The zero-order valence-corrected chi connectivity index (χ0v) is 22.0. The van der Waals surface area contributed by atoms with Crippen LogP contribution in [0.25, 0.3) is 11.1 Å². The minimum Gasteiger partial charge on any atom is -0.508 e. The maximum absolute atomic E-state index is 13.2. The fraction of sp³-hybridized carbons (Fsp3) is 0.567. The summed E-state index contributed by atoms with van der Waals surface area (Å²) in [6, 6.07) is 9.32. The third kappa shape index (κ3) is 4.56. The Morgan fingerprint density at radius 3 is 2.42 bits per heavy atom. The summed E-state index contributed by atoms with van der Waals surface area (Å²) in [5.41, 5.74) is 3.91. The summed E-state index contributed by atoms with van der Waals surface area (Å²) in [5.74, 6) is 2.43. The fourth-order valence-corrected chi connectivity index (χ4v) is 6.52. The van der Waals surface area contributed by atoms with Crippen LogP contribution in [-0.2, 0) is 27.1 Å². The number of aromatic hydroxyl groups is 1. The highest BCUT2D eigenvalue weighted by atomic mass is 16.7. The van der Waals surface area contributed by atoms with Gasteiger partial charge in [0.15, 0.2) is 11.5 Å².